The van der Waals surface area contributed by atoms with Gasteiger partial charge in [0.2, 0.25) is 0 Å². The van der Waals surface area contributed by atoms with E-state index in [1.54, 1.807) is 6.07 Å². The third-order valence-electron chi connectivity index (χ3n) is 4.40. The SMILES string of the molecule is FC(F)(F)c1cccc(CCCN2CCc3ccccc3C2)c1. The van der Waals surface area contributed by atoms with Gasteiger partial charge in [-0.05, 0) is 48.6 Å². The molecule has 0 spiro atoms. The quantitative estimate of drug-likeness (QED) is 0.790. The van der Waals surface area contributed by atoms with Crippen LogP contribution in [0.1, 0.15) is 28.7 Å². The van der Waals surface area contributed by atoms with Gasteiger partial charge in [0.05, 0.1) is 5.56 Å². The first kappa shape index (κ1) is 16.1. The topological polar surface area (TPSA) is 3.24 Å². The summed E-state index contributed by atoms with van der Waals surface area (Å²) >= 11 is 0. The van der Waals surface area contributed by atoms with E-state index in [2.05, 4.69) is 29.2 Å². The summed E-state index contributed by atoms with van der Waals surface area (Å²) in [6.45, 7) is 2.89. The van der Waals surface area contributed by atoms with Crippen LogP contribution in [0.5, 0.6) is 0 Å². The van der Waals surface area contributed by atoms with Crippen molar-refractivity contribution in [2.75, 3.05) is 13.1 Å². The molecule has 0 aromatic heterocycles. The molecule has 1 nitrogen and oxygen atoms in total. The minimum Gasteiger partial charge on any atom is -0.299 e. The highest BCUT2D eigenvalue weighted by molar-refractivity contribution is 5.29. The highest BCUT2D eigenvalue weighted by Crippen LogP contribution is 2.29. The smallest absolute Gasteiger partial charge is 0.299 e. The molecule has 0 saturated heterocycles. The number of halogens is 3. The van der Waals surface area contributed by atoms with E-state index >= 15 is 0 Å². The zero-order valence-corrected chi connectivity index (χ0v) is 12.9. The normalized spacial score (nSPS) is 15.4. The molecule has 23 heavy (non-hydrogen) atoms. The fraction of sp³-hybridized carbons (Fsp3) is 0.368. The molecule has 122 valence electrons. The molecule has 1 heterocycles. The lowest BCUT2D eigenvalue weighted by atomic mass is 9.99. The fourth-order valence-corrected chi connectivity index (χ4v) is 3.15. The first-order chi connectivity index (χ1) is 11.0. The fourth-order valence-electron chi connectivity index (χ4n) is 3.15. The van der Waals surface area contributed by atoms with Gasteiger partial charge >= 0.3 is 6.18 Å². The Kier molecular flexibility index (Phi) is 4.71. The van der Waals surface area contributed by atoms with E-state index < -0.39 is 11.7 Å². The van der Waals surface area contributed by atoms with Gasteiger partial charge in [0.15, 0.2) is 0 Å². The maximum absolute atomic E-state index is 12.7. The second-order valence-electron chi connectivity index (χ2n) is 6.10. The highest BCUT2D eigenvalue weighted by atomic mass is 19.4. The summed E-state index contributed by atoms with van der Waals surface area (Å²) in [6, 6.07) is 14.1. The summed E-state index contributed by atoms with van der Waals surface area (Å²) in [5, 5.41) is 0. The van der Waals surface area contributed by atoms with Gasteiger partial charge in [-0.3, -0.25) is 4.90 Å². The zero-order valence-electron chi connectivity index (χ0n) is 12.9. The Bertz CT molecular complexity index is 664. The molecule has 2 aromatic rings. The summed E-state index contributed by atoms with van der Waals surface area (Å²) in [4.78, 5) is 2.38. The Balaban J connectivity index is 1.53. The second-order valence-corrected chi connectivity index (χ2v) is 6.10. The summed E-state index contributed by atoms with van der Waals surface area (Å²) in [5.74, 6) is 0. The van der Waals surface area contributed by atoms with Crippen molar-refractivity contribution in [1.29, 1.82) is 0 Å². The van der Waals surface area contributed by atoms with E-state index in [1.807, 2.05) is 0 Å². The van der Waals surface area contributed by atoms with Crippen molar-refractivity contribution in [3.05, 3.63) is 70.8 Å². The predicted molar refractivity (Wildman–Crippen MR) is 85.2 cm³/mol. The van der Waals surface area contributed by atoms with Crippen LogP contribution in [0.15, 0.2) is 48.5 Å². The van der Waals surface area contributed by atoms with Crippen molar-refractivity contribution in [3.63, 3.8) is 0 Å². The van der Waals surface area contributed by atoms with Crippen LogP contribution in [0, 0.1) is 0 Å². The van der Waals surface area contributed by atoms with E-state index in [0.29, 0.717) is 6.42 Å². The molecule has 4 heteroatoms. The van der Waals surface area contributed by atoms with Crippen LogP contribution in [-0.4, -0.2) is 18.0 Å². The third kappa shape index (κ3) is 4.14. The number of nitrogens with zero attached hydrogens (tertiary/aromatic N) is 1. The molecule has 3 rings (SSSR count). The highest BCUT2D eigenvalue weighted by Gasteiger charge is 2.30. The number of hydrogen-bond acceptors (Lipinski definition) is 1. The number of fused-ring (bicyclic) bond motifs is 1. The standard InChI is InChI=1S/C19H20F3N/c20-19(21,22)18-9-3-5-15(13-18)6-4-11-23-12-10-16-7-1-2-8-17(16)14-23/h1-3,5,7-9,13H,4,6,10-12,14H2. The number of hydrogen-bond donors (Lipinski definition) is 0. The molecule has 2 aromatic carbocycles. The van der Waals surface area contributed by atoms with Crippen molar-refractivity contribution < 1.29 is 13.2 Å². The lowest BCUT2D eigenvalue weighted by Gasteiger charge is -2.28. The Labute approximate surface area is 134 Å². The Morgan fingerprint density at radius 3 is 2.52 bits per heavy atom. The first-order valence-electron chi connectivity index (χ1n) is 7.98. The predicted octanol–water partition coefficient (Wildman–Crippen LogP) is 4.70. The largest absolute Gasteiger partial charge is 0.416 e. The number of alkyl halides is 3. The lowest BCUT2D eigenvalue weighted by Crippen LogP contribution is -2.31. The molecule has 0 aliphatic carbocycles. The molecule has 0 atom stereocenters. The Morgan fingerprint density at radius 2 is 1.74 bits per heavy atom. The van der Waals surface area contributed by atoms with Gasteiger partial charge < -0.3 is 0 Å². The average Bonchev–Trinajstić information content (AvgIpc) is 2.54. The molecule has 0 saturated carbocycles. The van der Waals surface area contributed by atoms with E-state index in [0.717, 1.165) is 44.1 Å². The van der Waals surface area contributed by atoms with Crippen LogP contribution in [-0.2, 0) is 25.6 Å². The van der Waals surface area contributed by atoms with Gasteiger partial charge in [0.25, 0.3) is 0 Å². The molecule has 0 N–H and O–H groups in total. The number of benzene rings is 2. The zero-order chi connectivity index (χ0) is 16.3. The molecule has 0 fully saturated rings. The van der Waals surface area contributed by atoms with Gasteiger partial charge in [0, 0.05) is 13.1 Å². The third-order valence-corrected chi connectivity index (χ3v) is 4.40. The Morgan fingerprint density at radius 1 is 0.957 bits per heavy atom. The molecule has 1 aliphatic rings. The van der Waals surface area contributed by atoms with E-state index in [9.17, 15) is 13.2 Å². The van der Waals surface area contributed by atoms with Gasteiger partial charge in [-0.1, -0.05) is 42.5 Å². The number of rotatable bonds is 4. The van der Waals surface area contributed by atoms with Gasteiger partial charge in [0.1, 0.15) is 0 Å². The molecular formula is C19H20F3N. The van der Waals surface area contributed by atoms with Crippen LogP contribution in [0.4, 0.5) is 13.2 Å². The van der Waals surface area contributed by atoms with E-state index in [4.69, 9.17) is 0 Å². The van der Waals surface area contributed by atoms with Crippen molar-refractivity contribution in [2.24, 2.45) is 0 Å². The van der Waals surface area contributed by atoms with Crippen LogP contribution in [0.2, 0.25) is 0 Å². The molecule has 0 amide bonds. The summed E-state index contributed by atoms with van der Waals surface area (Å²) < 4.78 is 38.1. The molecule has 0 unspecified atom stereocenters. The summed E-state index contributed by atoms with van der Waals surface area (Å²) in [6.07, 6.45) is -1.64. The summed E-state index contributed by atoms with van der Waals surface area (Å²) in [7, 11) is 0. The maximum atomic E-state index is 12.7. The van der Waals surface area contributed by atoms with Crippen LogP contribution >= 0.6 is 0 Å². The van der Waals surface area contributed by atoms with E-state index in [-0.39, 0.29) is 0 Å². The van der Waals surface area contributed by atoms with Crippen molar-refractivity contribution >= 4 is 0 Å². The lowest BCUT2D eigenvalue weighted by molar-refractivity contribution is -0.137. The van der Waals surface area contributed by atoms with Crippen molar-refractivity contribution in [1.82, 2.24) is 4.90 Å². The van der Waals surface area contributed by atoms with E-state index in [1.165, 1.54) is 23.3 Å². The van der Waals surface area contributed by atoms with Crippen molar-refractivity contribution in [2.45, 2.75) is 32.0 Å². The van der Waals surface area contributed by atoms with Crippen LogP contribution in [0.25, 0.3) is 0 Å². The molecule has 0 radical (unpaired) electrons. The summed E-state index contributed by atoms with van der Waals surface area (Å²) in [5.41, 5.74) is 3.00. The minimum absolute atomic E-state index is 0.554. The Hall–Kier alpha value is -1.81. The van der Waals surface area contributed by atoms with Gasteiger partial charge in [-0.2, -0.15) is 13.2 Å². The van der Waals surface area contributed by atoms with Crippen LogP contribution in [0.3, 0.4) is 0 Å². The first-order valence-corrected chi connectivity index (χ1v) is 7.98. The number of aryl methyl sites for hydroxylation is 1. The molecular weight excluding hydrogens is 299 g/mol. The van der Waals surface area contributed by atoms with Gasteiger partial charge in [-0.15, -0.1) is 0 Å². The van der Waals surface area contributed by atoms with Gasteiger partial charge in [-0.25, -0.2) is 0 Å². The molecule has 1 aliphatic heterocycles. The minimum atomic E-state index is -4.26. The maximum Gasteiger partial charge on any atom is 0.416 e. The monoisotopic (exact) mass is 319 g/mol. The average molecular weight is 319 g/mol. The molecule has 0 bridgehead atoms. The second kappa shape index (κ2) is 6.75. The van der Waals surface area contributed by atoms with Crippen molar-refractivity contribution in [3.8, 4) is 0 Å². The van der Waals surface area contributed by atoms with Crippen LogP contribution < -0.4 is 0 Å².